The molecule has 0 unspecified atom stereocenters. The molecule has 0 bridgehead atoms. The molecule has 0 radical (unpaired) electrons. The number of hydrazine groups is 1. The maximum atomic E-state index is 13.2. The van der Waals surface area contributed by atoms with Crippen LogP contribution in [0.4, 0.5) is 19.0 Å². The Hall–Kier alpha value is -1.34. The van der Waals surface area contributed by atoms with Crippen molar-refractivity contribution in [3.63, 3.8) is 0 Å². The minimum absolute atomic E-state index is 0.319. The Morgan fingerprint density at radius 2 is 1.88 bits per heavy atom. The second kappa shape index (κ2) is 4.67. The molecule has 0 atom stereocenters. The Labute approximate surface area is 90.0 Å². The first-order chi connectivity index (χ1) is 7.66. The quantitative estimate of drug-likeness (QED) is 0.778. The van der Waals surface area contributed by atoms with Gasteiger partial charge >= 0.3 is 0 Å². The second-order valence-corrected chi connectivity index (χ2v) is 3.30. The van der Waals surface area contributed by atoms with Crippen LogP contribution in [-0.2, 0) is 4.74 Å². The van der Waals surface area contributed by atoms with Crippen LogP contribution in [0.3, 0.4) is 0 Å². The van der Waals surface area contributed by atoms with Crippen LogP contribution < -0.4 is 5.43 Å². The Morgan fingerprint density at radius 3 is 2.56 bits per heavy atom. The van der Waals surface area contributed by atoms with E-state index >= 15 is 0 Å². The van der Waals surface area contributed by atoms with Crippen LogP contribution >= 0.6 is 0 Å². The predicted molar refractivity (Wildman–Crippen MR) is 50.1 cm³/mol. The third-order valence-electron chi connectivity index (χ3n) is 2.16. The van der Waals surface area contributed by atoms with Crippen molar-refractivity contribution in [1.82, 2.24) is 9.99 Å². The van der Waals surface area contributed by atoms with E-state index in [9.17, 15) is 13.2 Å². The molecule has 4 nitrogen and oxygen atoms in total. The fourth-order valence-corrected chi connectivity index (χ4v) is 1.35. The number of pyridine rings is 1. The number of nitrogens with one attached hydrogen (secondary N) is 1. The fourth-order valence-electron chi connectivity index (χ4n) is 1.35. The molecule has 1 aliphatic rings. The highest BCUT2D eigenvalue weighted by Gasteiger charge is 2.15. The minimum Gasteiger partial charge on any atom is -0.379 e. The van der Waals surface area contributed by atoms with Gasteiger partial charge in [0.05, 0.1) is 13.2 Å². The van der Waals surface area contributed by atoms with E-state index in [-0.39, 0.29) is 5.82 Å². The summed E-state index contributed by atoms with van der Waals surface area (Å²) in [6.45, 7) is 2.05. The van der Waals surface area contributed by atoms with Crippen LogP contribution in [0.25, 0.3) is 0 Å². The number of aromatic nitrogens is 1. The molecule has 1 saturated heterocycles. The Morgan fingerprint density at radius 1 is 1.19 bits per heavy atom. The molecule has 0 aromatic carbocycles. The molecule has 0 amide bonds. The average molecular weight is 233 g/mol. The molecule has 1 aromatic heterocycles. The zero-order valence-electron chi connectivity index (χ0n) is 8.34. The summed E-state index contributed by atoms with van der Waals surface area (Å²) >= 11 is 0. The zero-order chi connectivity index (χ0) is 11.5. The van der Waals surface area contributed by atoms with Crippen LogP contribution in [0.15, 0.2) is 6.07 Å². The maximum Gasteiger partial charge on any atom is 0.251 e. The Bertz CT molecular complexity index is 383. The van der Waals surface area contributed by atoms with Crippen molar-refractivity contribution in [3.05, 3.63) is 23.6 Å². The van der Waals surface area contributed by atoms with Crippen LogP contribution in [0.2, 0.25) is 0 Å². The second-order valence-electron chi connectivity index (χ2n) is 3.30. The van der Waals surface area contributed by atoms with Gasteiger partial charge in [0.2, 0.25) is 0 Å². The molecule has 1 aromatic rings. The van der Waals surface area contributed by atoms with Gasteiger partial charge in [0, 0.05) is 19.2 Å². The molecule has 2 heterocycles. The van der Waals surface area contributed by atoms with Gasteiger partial charge in [-0.2, -0.15) is 9.37 Å². The molecule has 0 saturated carbocycles. The summed E-state index contributed by atoms with van der Waals surface area (Å²) in [5.41, 5.74) is 2.58. The molecule has 2 rings (SSSR count). The van der Waals surface area contributed by atoms with E-state index in [2.05, 4.69) is 10.4 Å². The summed E-state index contributed by atoms with van der Waals surface area (Å²) in [5, 5.41) is 1.63. The molecule has 0 spiro atoms. The number of halogens is 3. The van der Waals surface area contributed by atoms with Crippen molar-refractivity contribution in [3.8, 4) is 0 Å². The highest BCUT2D eigenvalue weighted by molar-refractivity contribution is 5.35. The van der Waals surface area contributed by atoms with Crippen LogP contribution in [0, 0.1) is 17.6 Å². The summed E-state index contributed by atoms with van der Waals surface area (Å²) in [6, 6.07) is 0.463. The monoisotopic (exact) mass is 233 g/mol. The highest BCUT2D eigenvalue weighted by Crippen LogP contribution is 2.15. The standard InChI is InChI=1S/C9H10F3N3O/c10-6-5-7(11)9(13-8(6)12)14-15-1-3-16-4-2-15/h5H,1-4H2,(H,13,14). The number of rotatable bonds is 2. The van der Waals surface area contributed by atoms with E-state index < -0.39 is 17.6 Å². The third kappa shape index (κ3) is 2.42. The van der Waals surface area contributed by atoms with Crippen molar-refractivity contribution in [2.45, 2.75) is 0 Å². The first-order valence-electron chi connectivity index (χ1n) is 4.77. The average Bonchev–Trinajstić information content (AvgIpc) is 2.27. The van der Waals surface area contributed by atoms with E-state index in [1.54, 1.807) is 5.01 Å². The van der Waals surface area contributed by atoms with Crippen LogP contribution in [-0.4, -0.2) is 36.3 Å². The van der Waals surface area contributed by atoms with Gasteiger partial charge < -0.3 is 10.2 Å². The molecular formula is C9H10F3N3O. The molecule has 0 aliphatic carbocycles. The number of hydrogen-bond donors (Lipinski definition) is 1. The Kier molecular flexibility index (Phi) is 3.25. The van der Waals surface area contributed by atoms with Gasteiger partial charge in [-0.1, -0.05) is 0 Å². The first-order valence-corrected chi connectivity index (χ1v) is 4.77. The maximum absolute atomic E-state index is 13.2. The SMILES string of the molecule is Fc1cc(F)c(NN2CCOCC2)nc1F. The molecule has 1 aliphatic heterocycles. The smallest absolute Gasteiger partial charge is 0.251 e. The van der Waals surface area contributed by atoms with Gasteiger partial charge in [-0.3, -0.25) is 0 Å². The lowest BCUT2D eigenvalue weighted by atomic mass is 10.4. The van der Waals surface area contributed by atoms with E-state index in [0.29, 0.717) is 32.4 Å². The number of ether oxygens (including phenoxy) is 1. The molecule has 7 heteroatoms. The topological polar surface area (TPSA) is 37.4 Å². The summed E-state index contributed by atoms with van der Waals surface area (Å²) in [5.74, 6) is -3.87. The predicted octanol–water partition coefficient (Wildman–Crippen LogP) is 1.16. The van der Waals surface area contributed by atoms with Crippen molar-refractivity contribution in [2.75, 3.05) is 31.7 Å². The van der Waals surface area contributed by atoms with Crippen LogP contribution in [0.1, 0.15) is 0 Å². The summed E-state index contributed by atoms with van der Waals surface area (Å²) in [4.78, 5) is 3.16. The van der Waals surface area contributed by atoms with E-state index in [1.807, 2.05) is 0 Å². The number of hydrogen-bond acceptors (Lipinski definition) is 4. The zero-order valence-corrected chi connectivity index (χ0v) is 8.34. The minimum atomic E-state index is -1.32. The normalized spacial score (nSPS) is 17.4. The van der Waals surface area contributed by atoms with E-state index in [4.69, 9.17) is 4.74 Å². The van der Waals surface area contributed by atoms with Crippen molar-refractivity contribution >= 4 is 5.82 Å². The lowest BCUT2D eigenvalue weighted by Crippen LogP contribution is -2.40. The largest absolute Gasteiger partial charge is 0.379 e. The van der Waals surface area contributed by atoms with Gasteiger partial charge in [0.1, 0.15) is 0 Å². The number of anilines is 1. The third-order valence-corrected chi connectivity index (χ3v) is 2.16. The van der Waals surface area contributed by atoms with Gasteiger partial charge in [-0.05, 0) is 0 Å². The first kappa shape index (κ1) is 11.2. The van der Waals surface area contributed by atoms with Crippen molar-refractivity contribution in [2.24, 2.45) is 0 Å². The number of morpholine rings is 1. The molecule has 88 valence electrons. The van der Waals surface area contributed by atoms with Crippen LogP contribution in [0.5, 0.6) is 0 Å². The van der Waals surface area contributed by atoms with Gasteiger partial charge in [-0.15, -0.1) is 0 Å². The summed E-state index contributed by atoms with van der Waals surface area (Å²) < 4.78 is 43.7. The Balaban J connectivity index is 2.11. The molecular weight excluding hydrogens is 223 g/mol. The van der Waals surface area contributed by atoms with Gasteiger partial charge in [0.15, 0.2) is 17.5 Å². The summed E-state index contributed by atoms with van der Waals surface area (Å²) in [7, 11) is 0. The van der Waals surface area contributed by atoms with E-state index in [1.165, 1.54) is 0 Å². The van der Waals surface area contributed by atoms with E-state index in [0.717, 1.165) is 0 Å². The molecule has 1 N–H and O–H groups in total. The highest BCUT2D eigenvalue weighted by atomic mass is 19.2. The molecule has 16 heavy (non-hydrogen) atoms. The lowest BCUT2D eigenvalue weighted by molar-refractivity contribution is 0.0492. The van der Waals surface area contributed by atoms with Gasteiger partial charge in [0.25, 0.3) is 5.95 Å². The molecule has 1 fully saturated rings. The van der Waals surface area contributed by atoms with Crippen molar-refractivity contribution in [1.29, 1.82) is 0 Å². The number of nitrogens with zero attached hydrogens (tertiary/aromatic N) is 2. The van der Waals surface area contributed by atoms with Crippen molar-refractivity contribution < 1.29 is 17.9 Å². The lowest BCUT2D eigenvalue weighted by Gasteiger charge is -2.27. The summed E-state index contributed by atoms with van der Waals surface area (Å²) in [6.07, 6.45) is 0. The fraction of sp³-hybridized carbons (Fsp3) is 0.444. The van der Waals surface area contributed by atoms with Gasteiger partial charge in [-0.25, -0.2) is 13.8 Å².